The van der Waals surface area contributed by atoms with E-state index in [2.05, 4.69) is 82.2 Å². The summed E-state index contributed by atoms with van der Waals surface area (Å²) in [6.45, 7) is 16.4. The molecule has 0 unspecified atom stereocenters. The van der Waals surface area contributed by atoms with Gasteiger partial charge in [0, 0.05) is 80.1 Å². The number of piperidine rings is 1. The fourth-order valence-corrected chi connectivity index (χ4v) is 8.70. The minimum Gasteiger partial charge on any atom is -0.372 e. The van der Waals surface area contributed by atoms with Crippen molar-refractivity contribution in [3.63, 3.8) is 0 Å². The van der Waals surface area contributed by atoms with Crippen molar-refractivity contribution in [2.24, 2.45) is 16.7 Å². The number of nitrogens with zero attached hydrogens (tertiary/aromatic N) is 4. The van der Waals surface area contributed by atoms with Crippen molar-refractivity contribution in [3.05, 3.63) is 64.1 Å². The molecule has 44 heavy (non-hydrogen) atoms. The second-order valence-electron chi connectivity index (χ2n) is 15.3. The summed E-state index contributed by atoms with van der Waals surface area (Å²) in [4.78, 5) is 32.9. The Labute approximate surface area is 261 Å². The molecule has 2 aromatic carbocycles. The second kappa shape index (κ2) is 11.2. The fraction of sp³-hybridized carbons (Fsp3) is 0.583. The van der Waals surface area contributed by atoms with Crippen LogP contribution in [0.25, 0.3) is 10.8 Å². The van der Waals surface area contributed by atoms with Crippen LogP contribution in [0.5, 0.6) is 0 Å². The number of piperazine rings is 1. The first-order valence-electron chi connectivity index (χ1n) is 16.7. The molecule has 0 atom stereocenters. The smallest absolute Gasteiger partial charge is 0.272 e. The first-order chi connectivity index (χ1) is 21.1. The first kappa shape index (κ1) is 29.3. The molecule has 2 saturated heterocycles. The Kier molecular flexibility index (Phi) is 7.47. The van der Waals surface area contributed by atoms with Gasteiger partial charge in [-0.25, -0.2) is 5.10 Å². The normalized spacial score (nSPS) is 22.6. The van der Waals surface area contributed by atoms with E-state index in [-0.39, 0.29) is 28.3 Å². The van der Waals surface area contributed by atoms with Gasteiger partial charge in [0.05, 0.1) is 11.1 Å². The van der Waals surface area contributed by atoms with Crippen LogP contribution in [0.4, 0.5) is 11.4 Å². The second-order valence-corrected chi connectivity index (χ2v) is 15.3. The van der Waals surface area contributed by atoms with Crippen LogP contribution in [0.2, 0.25) is 0 Å². The van der Waals surface area contributed by atoms with Gasteiger partial charge in [-0.05, 0) is 91.3 Å². The van der Waals surface area contributed by atoms with Crippen LogP contribution in [0.1, 0.15) is 81.8 Å². The van der Waals surface area contributed by atoms with Gasteiger partial charge in [0.2, 0.25) is 0 Å². The lowest BCUT2D eigenvalue weighted by Crippen LogP contribution is -2.63. The van der Waals surface area contributed by atoms with Gasteiger partial charge in [0.1, 0.15) is 0 Å². The molecule has 3 aromatic rings. The number of benzene rings is 2. The molecule has 2 saturated carbocycles. The summed E-state index contributed by atoms with van der Waals surface area (Å²) in [5, 5.41) is 12.2. The van der Waals surface area contributed by atoms with Crippen LogP contribution in [0.15, 0.2) is 47.3 Å². The Hall–Kier alpha value is -3.39. The molecular formula is C36H48N6O2. The van der Waals surface area contributed by atoms with E-state index >= 15 is 0 Å². The predicted octanol–water partition coefficient (Wildman–Crippen LogP) is 5.39. The maximum Gasteiger partial charge on any atom is 0.272 e. The zero-order valence-corrected chi connectivity index (χ0v) is 26.9. The highest BCUT2D eigenvalue weighted by Crippen LogP contribution is 2.53. The van der Waals surface area contributed by atoms with Crippen molar-refractivity contribution < 1.29 is 4.79 Å². The zero-order valence-electron chi connectivity index (χ0n) is 26.9. The number of anilines is 2. The van der Waals surface area contributed by atoms with E-state index in [4.69, 9.17) is 0 Å². The Morgan fingerprint density at radius 2 is 1.48 bits per heavy atom. The predicted molar refractivity (Wildman–Crippen MR) is 178 cm³/mol. The molecule has 2 aliphatic carbocycles. The quantitative estimate of drug-likeness (QED) is 0.380. The first-order valence-corrected chi connectivity index (χ1v) is 16.7. The Morgan fingerprint density at radius 3 is 2.11 bits per heavy atom. The molecule has 8 heteroatoms. The lowest BCUT2D eigenvalue weighted by Gasteiger charge is -2.57. The molecule has 234 valence electrons. The van der Waals surface area contributed by atoms with Crippen molar-refractivity contribution in [1.82, 2.24) is 20.4 Å². The van der Waals surface area contributed by atoms with Crippen molar-refractivity contribution in [2.45, 2.75) is 71.8 Å². The molecule has 0 spiro atoms. The molecular weight excluding hydrogens is 548 g/mol. The monoisotopic (exact) mass is 596 g/mol. The van der Waals surface area contributed by atoms with Gasteiger partial charge in [0.15, 0.2) is 0 Å². The SMILES string of the molecule is CC1(C)CC(C)(C)C1NC(=O)c1ccc(N2CCC(CN3CCN(c4ccc5c(=O)[nH]nc(C6CC6)c5c4)CC3)CC2)cc1. The number of H-pyrrole nitrogens is 1. The molecule has 2 aliphatic heterocycles. The number of aromatic amines is 1. The Morgan fingerprint density at radius 1 is 0.841 bits per heavy atom. The molecule has 8 nitrogen and oxygen atoms in total. The van der Waals surface area contributed by atoms with Crippen LogP contribution in [0, 0.1) is 16.7 Å². The van der Waals surface area contributed by atoms with Gasteiger partial charge in [-0.2, -0.15) is 5.10 Å². The maximum absolute atomic E-state index is 13.0. The van der Waals surface area contributed by atoms with Crippen molar-refractivity contribution in [3.8, 4) is 0 Å². The highest BCUT2D eigenvalue weighted by atomic mass is 16.1. The minimum atomic E-state index is -0.0937. The number of hydrogen-bond donors (Lipinski definition) is 2. The zero-order chi connectivity index (χ0) is 30.6. The van der Waals surface area contributed by atoms with E-state index in [1.54, 1.807) is 0 Å². The summed E-state index contributed by atoms with van der Waals surface area (Å²) < 4.78 is 0. The topological polar surface area (TPSA) is 84.6 Å². The number of rotatable bonds is 7. The molecule has 4 fully saturated rings. The highest BCUT2D eigenvalue weighted by molar-refractivity contribution is 5.95. The van der Waals surface area contributed by atoms with E-state index in [1.165, 1.54) is 37.1 Å². The summed E-state index contributed by atoms with van der Waals surface area (Å²) >= 11 is 0. The third-order valence-corrected chi connectivity index (χ3v) is 10.9. The third-order valence-electron chi connectivity index (χ3n) is 10.9. The van der Waals surface area contributed by atoms with Gasteiger partial charge in [-0.3, -0.25) is 14.5 Å². The average molecular weight is 597 g/mol. The van der Waals surface area contributed by atoms with Crippen molar-refractivity contribution >= 4 is 28.1 Å². The molecule has 1 aromatic heterocycles. The number of carbonyl (C=O) groups excluding carboxylic acids is 1. The summed E-state index contributed by atoms with van der Waals surface area (Å²) in [6.07, 6.45) is 5.86. The van der Waals surface area contributed by atoms with E-state index < -0.39 is 0 Å². The van der Waals surface area contributed by atoms with E-state index in [9.17, 15) is 9.59 Å². The molecule has 3 heterocycles. The summed E-state index contributed by atoms with van der Waals surface area (Å²) in [5.41, 5.74) is 4.44. The van der Waals surface area contributed by atoms with Crippen LogP contribution < -0.4 is 20.7 Å². The van der Waals surface area contributed by atoms with Gasteiger partial charge in [0.25, 0.3) is 11.5 Å². The fourth-order valence-electron chi connectivity index (χ4n) is 8.70. The van der Waals surface area contributed by atoms with Crippen LogP contribution in [-0.2, 0) is 0 Å². The Balaban J connectivity index is 0.886. The van der Waals surface area contributed by atoms with Crippen LogP contribution >= 0.6 is 0 Å². The maximum atomic E-state index is 13.0. The van der Waals surface area contributed by atoms with E-state index in [0.717, 1.165) is 80.2 Å². The van der Waals surface area contributed by atoms with E-state index in [1.807, 2.05) is 18.2 Å². The Bertz CT molecular complexity index is 1560. The summed E-state index contributed by atoms with van der Waals surface area (Å²) in [7, 11) is 0. The van der Waals surface area contributed by atoms with Gasteiger partial charge >= 0.3 is 0 Å². The number of carbonyl (C=O) groups is 1. The lowest BCUT2D eigenvalue weighted by atomic mass is 9.52. The molecule has 2 N–H and O–H groups in total. The number of aromatic nitrogens is 2. The van der Waals surface area contributed by atoms with Crippen molar-refractivity contribution in [2.75, 3.05) is 55.6 Å². The molecule has 0 bridgehead atoms. The van der Waals surface area contributed by atoms with Gasteiger partial charge in [-0.1, -0.05) is 27.7 Å². The van der Waals surface area contributed by atoms with Crippen molar-refractivity contribution in [1.29, 1.82) is 0 Å². The minimum absolute atomic E-state index is 0.0390. The molecule has 0 radical (unpaired) electrons. The van der Waals surface area contributed by atoms with Crippen LogP contribution in [0.3, 0.4) is 0 Å². The van der Waals surface area contributed by atoms with E-state index in [0.29, 0.717) is 5.92 Å². The van der Waals surface area contributed by atoms with Gasteiger partial charge in [-0.15, -0.1) is 0 Å². The number of hydrogen-bond acceptors (Lipinski definition) is 6. The average Bonchev–Trinajstić information content (AvgIpc) is 3.86. The third kappa shape index (κ3) is 5.73. The largest absolute Gasteiger partial charge is 0.372 e. The molecule has 1 amide bonds. The molecule has 4 aliphatic rings. The highest BCUT2D eigenvalue weighted by Gasteiger charge is 2.53. The number of nitrogens with one attached hydrogen (secondary N) is 2. The summed E-state index contributed by atoms with van der Waals surface area (Å²) in [6, 6.07) is 14.7. The molecule has 7 rings (SSSR count). The van der Waals surface area contributed by atoms with Crippen LogP contribution in [-0.4, -0.2) is 72.9 Å². The lowest BCUT2D eigenvalue weighted by molar-refractivity contribution is -0.0366. The standard InChI is InChI=1S/C36H48N6O2/c1-35(2)23-36(3,4)34(35)37-32(43)26-7-9-27(10-8-26)41-15-13-24(14-16-41)22-40-17-19-42(20-18-40)28-11-12-29-30(21-28)31(25-5-6-25)38-39-33(29)44/h7-12,21,24-25,34H,5-6,13-20,22-23H2,1-4H3,(H,37,43)(H,39,44). The summed E-state index contributed by atoms with van der Waals surface area (Å²) in [5.74, 6) is 1.25. The number of amides is 1. The van der Waals surface area contributed by atoms with Gasteiger partial charge < -0.3 is 15.1 Å². The number of fused-ring (bicyclic) bond motifs is 1.